The summed E-state index contributed by atoms with van der Waals surface area (Å²) in [7, 11) is 0. The van der Waals surface area contributed by atoms with Gasteiger partial charge in [-0.3, -0.25) is 19.6 Å². The first-order chi connectivity index (χ1) is 16.5. The Kier molecular flexibility index (Phi) is 7.84. The lowest BCUT2D eigenvalue weighted by Gasteiger charge is -2.60. The Morgan fingerprint density at radius 1 is 0.389 bits per heavy atom. The van der Waals surface area contributed by atoms with E-state index in [0.29, 0.717) is 21.9 Å². The molecule has 4 aliphatic heterocycles. The average molecular weight is 503 g/mol. The number of piperidine rings is 4. The molecule has 210 valence electrons. The lowest BCUT2D eigenvalue weighted by atomic mass is 9.68. The van der Waals surface area contributed by atoms with Crippen LogP contribution in [0.1, 0.15) is 121 Å². The molecule has 4 heterocycles. The van der Waals surface area contributed by atoms with Crippen molar-refractivity contribution in [2.24, 2.45) is 10.8 Å². The van der Waals surface area contributed by atoms with Crippen LogP contribution in [0, 0.1) is 10.8 Å². The Morgan fingerprint density at radius 3 is 1.14 bits per heavy atom. The topological polar surface area (TPSA) is 13.0 Å². The third kappa shape index (κ3) is 5.58. The van der Waals surface area contributed by atoms with Crippen LogP contribution < -0.4 is 0 Å². The molecule has 4 aliphatic rings. The zero-order chi connectivity index (χ0) is 26.6. The zero-order valence-electron chi connectivity index (χ0n) is 26.1. The summed E-state index contributed by atoms with van der Waals surface area (Å²) in [4.78, 5) is 11.2. The van der Waals surface area contributed by atoms with Crippen molar-refractivity contribution >= 4 is 0 Å². The molecule has 0 amide bonds. The highest BCUT2D eigenvalue weighted by Crippen LogP contribution is 2.47. The van der Waals surface area contributed by atoms with E-state index < -0.39 is 0 Å². The first kappa shape index (κ1) is 28.8. The predicted molar refractivity (Wildman–Crippen MR) is 156 cm³/mol. The number of hydrogen-bond acceptors (Lipinski definition) is 4. The van der Waals surface area contributed by atoms with Crippen LogP contribution in [0.4, 0.5) is 0 Å². The van der Waals surface area contributed by atoms with E-state index in [9.17, 15) is 0 Å². The molecule has 0 aliphatic carbocycles. The van der Waals surface area contributed by atoms with Gasteiger partial charge in [-0.25, -0.2) is 0 Å². The van der Waals surface area contributed by atoms with Gasteiger partial charge in [-0.05, 0) is 177 Å². The summed E-state index contributed by atoms with van der Waals surface area (Å²) in [6.07, 6.45) is 11.2. The molecule has 4 fully saturated rings. The van der Waals surface area contributed by atoms with Crippen molar-refractivity contribution in [3.63, 3.8) is 0 Å². The van der Waals surface area contributed by atoms with Crippen LogP contribution in [0.3, 0.4) is 0 Å². The van der Waals surface area contributed by atoms with Gasteiger partial charge in [-0.15, -0.1) is 0 Å². The average Bonchev–Trinajstić information content (AvgIpc) is 2.79. The molecule has 0 unspecified atom stereocenters. The minimum atomic E-state index is 0.188. The first-order valence-electron chi connectivity index (χ1n) is 15.5. The summed E-state index contributed by atoms with van der Waals surface area (Å²) in [5, 5.41) is 0. The maximum Gasteiger partial charge on any atom is 0.0331 e. The van der Waals surface area contributed by atoms with E-state index >= 15 is 0 Å². The molecule has 2 spiro atoms. The highest BCUT2D eigenvalue weighted by Gasteiger charge is 2.51. The fraction of sp³-hybridized carbons (Fsp3) is 1.00. The van der Waals surface area contributed by atoms with E-state index in [2.05, 4.69) is 88.8 Å². The lowest BCUT2D eigenvalue weighted by Crippen LogP contribution is -2.68. The SMILES string of the molecule is CC(C)(C)N1CCC2(CC1)CCN(C(C)(C)C(C)(C)N1CCC3(CCCN(C(C)(C)C)C3)CC1)CC2. The summed E-state index contributed by atoms with van der Waals surface area (Å²) in [6, 6.07) is 0. The minimum absolute atomic E-state index is 0.188. The van der Waals surface area contributed by atoms with Crippen molar-refractivity contribution in [1.82, 2.24) is 19.6 Å². The van der Waals surface area contributed by atoms with Crippen LogP contribution in [0.15, 0.2) is 0 Å². The van der Waals surface area contributed by atoms with Crippen molar-refractivity contribution in [3.05, 3.63) is 0 Å². The monoisotopic (exact) mass is 502 g/mol. The van der Waals surface area contributed by atoms with Gasteiger partial charge in [0.15, 0.2) is 0 Å². The lowest BCUT2D eigenvalue weighted by molar-refractivity contribution is -0.0957. The highest BCUT2D eigenvalue weighted by molar-refractivity contribution is 5.07. The Bertz CT molecular complexity index is 729. The van der Waals surface area contributed by atoms with E-state index in [1.807, 2.05) is 0 Å². The maximum absolute atomic E-state index is 2.88. The molecule has 4 nitrogen and oxygen atoms in total. The second-order valence-corrected chi connectivity index (χ2v) is 16.4. The number of likely N-dealkylation sites (tertiary alicyclic amines) is 4. The molecular weight excluding hydrogens is 440 g/mol. The van der Waals surface area contributed by atoms with E-state index in [4.69, 9.17) is 0 Å². The fourth-order valence-electron chi connectivity index (χ4n) is 8.19. The summed E-state index contributed by atoms with van der Waals surface area (Å²) in [6.45, 7) is 34.9. The fourth-order valence-corrected chi connectivity index (χ4v) is 8.19. The van der Waals surface area contributed by atoms with Gasteiger partial charge in [0.05, 0.1) is 0 Å². The van der Waals surface area contributed by atoms with Gasteiger partial charge < -0.3 is 0 Å². The quantitative estimate of drug-likeness (QED) is 0.437. The Balaban J connectivity index is 1.34. The zero-order valence-corrected chi connectivity index (χ0v) is 26.1. The number of nitrogens with zero attached hydrogens (tertiary/aromatic N) is 4. The summed E-state index contributed by atoms with van der Waals surface area (Å²) in [5.41, 5.74) is 2.17. The van der Waals surface area contributed by atoms with Crippen molar-refractivity contribution in [3.8, 4) is 0 Å². The van der Waals surface area contributed by atoms with Crippen molar-refractivity contribution < 1.29 is 0 Å². The molecule has 0 N–H and O–H groups in total. The van der Waals surface area contributed by atoms with Crippen LogP contribution in [0.2, 0.25) is 0 Å². The second kappa shape index (κ2) is 9.79. The van der Waals surface area contributed by atoms with Gasteiger partial charge in [0.25, 0.3) is 0 Å². The van der Waals surface area contributed by atoms with Crippen LogP contribution in [-0.4, -0.2) is 94.1 Å². The predicted octanol–water partition coefficient (Wildman–Crippen LogP) is 6.50. The standard InChI is InChI=1S/C32H62N4/c1-27(2,3)33-20-13-31(14-21-33)15-22-34(23-16-31)29(7,8)30(9,10)35-24-17-32(18-25-35)12-11-19-36(26-32)28(4,5)6/h11-26H2,1-10H3. The smallest absolute Gasteiger partial charge is 0.0331 e. The molecule has 0 bridgehead atoms. The number of rotatable bonds is 3. The van der Waals surface area contributed by atoms with E-state index in [0.717, 1.165) is 0 Å². The normalized spacial score (nSPS) is 28.2. The van der Waals surface area contributed by atoms with Crippen molar-refractivity contribution in [2.75, 3.05) is 52.4 Å². The summed E-state index contributed by atoms with van der Waals surface area (Å²) >= 11 is 0. The molecule has 36 heavy (non-hydrogen) atoms. The van der Waals surface area contributed by atoms with Crippen LogP contribution >= 0.6 is 0 Å². The van der Waals surface area contributed by atoms with Gasteiger partial charge in [0.1, 0.15) is 0 Å². The van der Waals surface area contributed by atoms with Crippen molar-refractivity contribution in [2.45, 2.75) is 143 Å². The van der Waals surface area contributed by atoms with Gasteiger partial charge >= 0.3 is 0 Å². The minimum Gasteiger partial charge on any atom is -0.298 e. The Labute approximate surface area is 225 Å². The number of hydrogen-bond donors (Lipinski definition) is 0. The second-order valence-electron chi connectivity index (χ2n) is 16.4. The Morgan fingerprint density at radius 2 is 0.750 bits per heavy atom. The Hall–Kier alpha value is -0.160. The van der Waals surface area contributed by atoms with Gasteiger partial charge in [0.2, 0.25) is 0 Å². The van der Waals surface area contributed by atoms with Crippen LogP contribution in [-0.2, 0) is 0 Å². The maximum atomic E-state index is 2.88. The highest BCUT2D eigenvalue weighted by atomic mass is 15.3. The molecule has 4 saturated heterocycles. The van der Waals surface area contributed by atoms with Gasteiger partial charge in [-0.1, -0.05) is 0 Å². The molecule has 0 radical (unpaired) electrons. The van der Waals surface area contributed by atoms with E-state index in [1.165, 1.54) is 104 Å². The molecule has 4 heteroatoms. The first-order valence-corrected chi connectivity index (χ1v) is 15.5. The van der Waals surface area contributed by atoms with Crippen LogP contribution in [0.5, 0.6) is 0 Å². The molecule has 4 rings (SSSR count). The van der Waals surface area contributed by atoms with E-state index in [1.54, 1.807) is 0 Å². The summed E-state index contributed by atoms with van der Waals surface area (Å²) in [5.74, 6) is 0. The summed E-state index contributed by atoms with van der Waals surface area (Å²) < 4.78 is 0. The van der Waals surface area contributed by atoms with Gasteiger partial charge in [-0.2, -0.15) is 0 Å². The van der Waals surface area contributed by atoms with Crippen LogP contribution in [0.25, 0.3) is 0 Å². The molecule has 0 saturated carbocycles. The molecule has 0 aromatic carbocycles. The molecule has 0 aromatic rings. The third-order valence-corrected chi connectivity index (χ3v) is 12.1. The van der Waals surface area contributed by atoms with E-state index in [-0.39, 0.29) is 11.1 Å². The molecule has 0 atom stereocenters. The molecular formula is C32H62N4. The largest absolute Gasteiger partial charge is 0.298 e. The third-order valence-electron chi connectivity index (χ3n) is 12.1. The van der Waals surface area contributed by atoms with Gasteiger partial charge in [0, 0.05) is 28.7 Å². The van der Waals surface area contributed by atoms with Crippen molar-refractivity contribution in [1.29, 1.82) is 0 Å². The molecule has 0 aromatic heterocycles.